The molecule has 1 heterocycles. The summed E-state index contributed by atoms with van der Waals surface area (Å²) >= 11 is 1.18. The summed E-state index contributed by atoms with van der Waals surface area (Å²) in [5, 5.41) is 11.6. The fourth-order valence-corrected chi connectivity index (χ4v) is 4.38. The predicted octanol–water partition coefficient (Wildman–Crippen LogP) is 2.71. The van der Waals surface area contributed by atoms with Gasteiger partial charge < -0.3 is 5.11 Å². The van der Waals surface area contributed by atoms with E-state index in [4.69, 9.17) is 0 Å². The van der Waals surface area contributed by atoms with E-state index in [-0.39, 0.29) is 10.8 Å². The van der Waals surface area contributed by atoms with E-state index in [1.54, 1.807) is 41.8 Å². The van der Waals surface area contributed by atoms with Gasteiger partial charge in [0, 0.05) is 0 Å². The second-order valence-electron chi connectivity index (χ2n) is 4.37. The van der Waals surface area contributed by atoms with E-state index in [1.165, 1.54) is 15.6 Å². The van der Waals surface area contributed by atoms with Gasteiger partial charge in [-0.2, -0.15) is 0 Å². The Morgan fingerprint density at radius 3 is 2.45 bits per heavy atom. The molecule has 0 fully saturated rings. The number of para-hydroxylation sites is 1. The summed E-state index contributed by atoms with van der Waals surface area (Å²) in [7, 11) is -3.62. The van der Waals surface area contributed by atoms with E-state index in [9.17, 15) is 13.5 Å². The van der Waals surface area contributed by atoms with E-state index in [0.717, 1.165) is 0 Å². The van der Waals surface area contributed by atoms with Crippen LogP contribution in [0.1, 0.15) is 13.3 Å². The summed E-state index contributed by atoms with van der Waals surface area (Å²) in [6.07, 6.45) is -0.187. The first-order chi connectivity index (χ1) is 9.55. The van der Waals surface area contributed by atoms with Crippen molar-refractivity contribution < 1.29 is 13.5 Å². The number of aliphatic hydroxyl groups excluding tert-OH is 1. The zero-order chi connectivity index (χ0) is 14.6. The van der Waals surface area contributed by atoms with Crippen molar-refractivity contribution in [3.8, 4) is 0 Å². The number of hydrogen-bond donors (Lipinski definition) is 1. The number of rotatable bonds is 6. The zero-order valence-corrected chi connectivity index (χ0v) is 12.8. The molecule has 0 bridgehead atoms. The molecule has 1 aromatic heterocycles. The van der Waals surface area contributed by atoms with Gasteiger partial charge in [0.15, 0.2) is 0 Å². The summed E-state index contributed by atoms with van der Waals surface area (Å²) in [5.74, 6) is 0. The van der Waals surface area contributed by atoms with Gasteiger partial charge in [-0.1, -0.05) is 31.2 Å². The lowest BCUT2D eigenvalue weighted by molar-refractivity contribution is 0.179. The van der Waals surface area contributed by atoms with Crippen LogP contribution in [0.2, 0.25) is 0 Å². The molecule has 0 radical (unpaired) electrons. The van der Waals surface area contributed by atoms with Crippen LogP contribution < -0.4 is 4.31 Å². The Kier molecular flexibility index (Phi) is 4.80. The maximum atomic E-state index is 12.7. The highest BCUT2D eigenvalue weighted by Gasteiger charge is 2.27. The molecule has 0 saturated carbocycles. The second kappa shape index (κ2) is 6.39. The Morgan fingerprint density at radius 1 is 1.20 bits per heavy atom. The van der Waals surface area contributed by atoms with Gasteiger partial charge >= 0.3 is 0 Å². The molecule has 4 nitrogen and oxygen atoms in total. The van der Waals surface area contributed by atoms with Gasteiger partial charge in [0.1, 0.15) is 4.21 Å². The third-order valence-corrected chi connectivity index (χ3v) is 6.10. The maximum Gasteiger partial charge on any atom is 0.273 e. The third-order valence-electron chi connectivity index (χ3n) is 2.93. The minimum atomic E-state index is -3.62. The van der Waals surface area contributed by atoms with Gasteiger partial charge in [0.2, 0.25) is 0 Å². The van der Waals surface area contributed by atoms with Crippen molar-refractivity contribution in [3.05, 3.63) is 47.8 Å². The molecule has 1 aromatic carbocycles. The lowest BCUT2D eigenvalue weighted by atomic mass is 10.2. The molecular weight excluding hydrogens is 294 g/mol. The molecule has 0 amide bonds. The second-order valence-corrected chi connectivity index (χ2v) is 7.40. The normalized spacial score (nSPS) is 13.1. The van der Waals surface area contributed by atoms with E-state index in [0.29, 0.717) is 12.1 Å². The fraction of sp³-hybridized carbons (Fsp3) is 0.286. The van der Waals surface area contributed by atoms with Crippen molar-refractivity contribution in [2.75, 3.05) is 10.8 Å². The number of aliphatic hydroxyl groups is 1. The van der Waals surface area contributed by atoms with Crippen LogP contribution in [0.3, 0.4) is 0 Å². The zero-order valence-electron chi connectivity index (χ0n) is 11.1. The van der Waals surface area contributed by atoms with Gasteiger partial charge in [-0.05, 0) is 30.0 Å². The third kappa shape index (κ3) is 3.20. The SMILES string of the molecule is CC[C@H](O)CN(c1ccccc1)S(=O)(=O)c1cccs1. The maximum absolute atomic E-state index is 12.7. The molecule has 20 heavy (non-hydrogen) atoms. The first-order valence-corrected chi connectivity index (χ1v) is 8.67. The highest BCUT2D eigenvalue weighted by Crippen LogP contribution is 2.26. The average Bonchev–Trinajstić information content (AvgIpc) is 3.00. The first-order valence-electron chi connectivity index (χ1n) is 6.35. The van der Waals surface area contributed by atoms with Crippen molar-refractivity contribution in [1.29, 1.82) is 0 Å². The summed E-state index contributed by atoms with van der Waals surface area (Å²) in [4.78, 5) is 0. The Bertz CT molecular complexity index is 624. The molecule has 0 saturated heterocycles. The van der Waals surface area contributed by atoms with Crippen molar-refractivity contribution in [1.82, 2.24) is 0 Å². The van der Waals surface area contributed by atoms with Crippen LogP contribution in [-0.4, -0.2) is 26.2 Å². The van der Waals surface area contributed by atoms with Crippen molar-refractivity contribution in [2.24, 2.45) is 0 Å². The molecule has 1 N–H and O–H groups in total. The van der Waals surface area contributed by atoms with Crippen LogP contribution >= 0.6 is 11.3 Å². The molecule has 0 aliphatic heterocycles. The molecule has 1 atom stereocenters. The number of nitrogens with zero attached hydrogens (tertiary/aromatic N) is 1. The minimum Gasteiger partial charge on any atom is -0.391 e. The smallest absolute Gasteiger partial charge is 0.273 e. The summed E-state index contributed by atoms with van der Waals surface area (Å²) in [6.45, 7) is 1.88. The predicted molar refractivity (Wildman–Crippen MR) is 81.6 cm³/mol. The molecule has 2 aromatic rings. The standard InChI is InChI=1S/C14H17NO3S2/c1-2-13(16)11-15(12-7-4-3-5-8-12)20(17,18)14-9-6-10-19-14/h3-10,13,16H,2,11H2,1H3/t13-/m0/s1. The van der Waals surface area contributed by atoms with Gasteiger partial charge in [-0.3, -0.25) is 4.31 Å². The van der Waals surface area contributed by atoms with Crippen molar-refractivity contribution in [2.45, 2.75) is 23.7 Å². The molecule has 2 rings (SSSR count). The lowest BCUT2D eigenvalue weighted by Gasteiger charge is -2.25. The number of thiophene rings is 1. The molecular formula is C14H17NO3S2. The lowest BCUT2D eigenvalue weighted by Crippen LogP contribution is -2.37. The Hall–Kier alpha value is -1.37. The largest absolute Gasteiger partial charge is 0.391 e. The van der Waals surface area contributed by atoms with E-state index < -0.39 is 16.1 Å². The number of anilines is 1. The van der Waals surface area contributed by atoms with Crippen molar-refractivity contribution in [3.63, 3.8) is 0 Å². The monoisotopic (exact) mass is 311 g/mol. The van der Waals surface area contributed by atoms with Gasteiger partial charge in [-0.15, -0.1) is 11.3 Å². The molecule has 0 spiro atoms. The minimum absolute atomic E-state index is 0.0563. The Morgan fingerprint density at radius 2 is 1.90 bits per heavy atom. The van der Waals surface area contributed by atoms with Crippen molar-refractivity contribution >= 4 is 27.0 Å². The van der Waals surface area contributed by atoms with Gasteiger partial charge in [-0.25, -0.2) is 8.42 Å². The molecule has 108 valence electrons. The van der Waals surface area contributed by atoms with E-state index in [2.05, 4.69) is 0 Å². The Labute approximate surface area is 123 Å². The Balaban J connectivity index is 2.42. The van der Waals surface area contributed by atoms with Crippen LogP contribution in [0.4, 0.5) is 5.69 Å². The molecule has 0 aliphatic carbocycles. The summed E-state index contributed by atoms with van der Waals surface area (Å²) < 4.78 is 26.9. The number of hydrogen-bond acceptors (Lipinski definition) is 4. The van der Waals surface area contributed by atoms with Crippen LogP contribution in [-0.2, 0) is 10.0 Å². The molecule has 0 unspecified atom stereocenters. The van der Waals surface area contributed by atoms with Crippen LogP contribution in [0.15, 0.2) is 52.1 Å². The highest BCUT2D eigenvalue weighted by molar-refractivity contribution is 7.94. The first kappa shape index (κ1) is 15.0. The van der Waals surface area contributed by atoms with Crippen LogP contribution in [0, 0.1) is 0 Å². The molecule has 0 aliphatic rings. The van der Waals surface area contributed by atoms with Crippen LogP contribution in [0.5, 0.6) is 0 Å². The van der Waals surface area contributed by atoms with Crippen LogP contribution in [0.25, 0.3) is 0 Å². The van der Waals surface area contributed by atoms with E-state index >= 15 is 0 Å². The number of benzene rings is 1. The number of sulfonamides is 1. The fourth-order valence-electron chi connectivity index (χ4n) is 1.78. The summed E-state index contributed by atoms with van der Waals surface area (Å²) in [5.41, 5.74) is 0.563. The topological polar surface area (TPSA) is 57.6 Å². The van der Waals surface area contributed by atoms with Gasteiger partial charge in [0.05, 0.1) is 18.3 Å². The summed E-state index contributed by atoms with van der Waals surface area (Å²) in [6, 6.07) is 12.1. The quantitative estimate of drug-likeness (QED) is 0.892. The van der Waals surface area contributed by atoms with Gasteiger partial charge in [0.25, 0.3) is 10.0 Å². The van der Waals surface area contributed by atoms with E-state index in [1.807, 2.05) is 13.0 Å². The highest BCUT2D eigenvalue weighted by atomic mass is 32.2. The molecule has 6 heteroatoms. The average molecular weight is 311 g/mol.